The van der Waals surface area contributed by atoms with E-state index < -0.39 is 145 Å². The fourth-order valence-electron chi connectivity index (χ4n) is 15.7. The number of nitrogens with zero attached hydrogens (tertiary/aromatic N) is 1. The summed E-state index contributed by atoms with van der Waals surface area (Å²) in [6, 6.07) is 28.5. The number of aliphatic hydroxyl groups excluding tert-OH is 1. The number of ether oxygens (including phenoxy) is 5. The number of ketones is 1. The molecule has 23 heteroatoms. The molecular formula is C80H108N3O19P. The van der Waals surface area contributed by atoms with Crippen LogP contribution in [-0.4, -0.2) is 138 Å². The predicted molar refractivity (Wildman–Crippen MR) is 384 cm³/mol. The van der Waals surface area contributed by atoms with Crippen molar-refractivity contribution in [1.29, 1.82) is 0 Å². The quantitative estimate of drug-likeness (QED) is 0.00620. The number of Topliss-reactive ketones (excluding diaryl/α,β-unsaturated/α-hetero) is 1. The summed E-state index contributed by atoms with van der Waals surface area (Å²) in [5.74, 6) is -9.93. The minimum absolute atomic E-state index is 0.0361. The van der Waals surface area contributed by atoms with Crippen LogP contribution in [0.4, 0.5) is 5.69 Å². The molecule has 0 spiro atoms. The Morgan fingerprint density at radius 3 is 1.80 bits per heavy atom. The third-order valence-corrected chi connectivity index (χ3v) is 22.5. The number of phosphoric ester groups is 1. The number of fused-ring (bicyclic) bond motifs is 5. The number of anilines is 1. The molecule has 3 saturated carbocycles. The van der Waals surface area contributed by atoms with Gasteiger partial charge in [-0.3, -0.25) is 33.3 Å². The molecule has 4 N–H and O–H groups in total. The Kier molecular flexibility index (Phi) is 28.4. The van der Waals surface area contributed by atoms with Crippen LogP contribution in [0.15, 0.2) is 126 Å². The molecule has 3 fully saturated rings. The maximum Gasteiger partial charge on any atom is 0.350 e. The van der Waals surface area contributed by atoms with Gasteiger partial charge in [-0.25, -0.2) is 9.59 Å². The molecule has 562 valence electrons. The Balaban J connectivity index is 1.08. The molecular weight excluding hydrogens is 1340 g/mol. The number of phosphoric acid groups is 1. The van der Waals surface area contributed by atoms with E-state index in [4.69, 9.17) is 32.7 Å². The zero-order valence-corrected chi connectivity index (χ0v) is 62.6. The smallest absolute Gasteiger partial charge is 0.350 e. The summed E-state index contributed by atoms with van der Waals surface area (Å²) in [7, 11) is 0.943. The minimum Gasteiger partial charge on any atom is -0.756 e. The zero-order valence-electron chi connectivity index (χ0n) is 61.7. The molecule has 0 heterocycles. The van der Waals surface area contributed by atoms with Crippen molar-refractivity contribution in [3.63, 3.8) is 0 Å². The van der Waals surface area contributed by atoms with E-state index in [0.29, 0.717) is 35.9 Å². The number of benzene rings is 4. The lowest BCUT2D eigenvalue weighted by Gasteiger charge is -2.68. The number of quaternary nitrogens is 1. The van der Waals surface area contributed by atoms with Crippen LogP contribution < -0.4 is 15.5 Å². The normalized spacial score (nSPS) is 24.9. The number of likely N-dealkylation sites (N-methyl/N-ethyl adjacent to an activating group) is 1. The number of unbranched alkanes of at least 4 members (excludes halogenated alkanes) is 14. The maximum absolute atomic E-state index is 16.0. The number of carbonyl (C=O) groups is 8. The monoisotopic (exact) mass is 1450 g/mol. The van der Waals surface area contributed by atoms with Crippen LogP contribution in [0.2, 0.25) is 0 Å². The molecule has 0 radical (unpaired) electrons. The van der Waals surface area contributed by atoms with Gasteiger partial charge in [-0.15, -0.1) is 0 Å². The molecule has 4 aliphatic carbocycles. The molecule has 2 bridgehead atoms. The van der Waals surface area contributed by atoms with Crippen molar-refractivity contribution in [2.45, 2.75) is 237 Å². The van der Waals surface area contributed by atoms with Crippen LogP contribution in [0.5, 0.6) is 0 Å². The van der Waals surface area contributed by atoms with E-state index in [1.54, 1.807) is 92.7 Å². The Labute approximate surface area is 606 Å². The lowest BCUT2D eigenvalue weighted by Crippen LogP contribution is -2.78. The first kappa shape index (κ1) is 81.2. The first-order valence-electron chi connectivity index (χ1n) is 36.8. The van der Waals surface area contributed by atoms with E-state index in [9.17, 15) is 48.4 Å². The Morgan fingerprint density at radius 1 is 0.709 bits per heavy atom. The van der Waals surface area contributed by atoms with Crippen molar-refractivity contribution in [2.75, 3.05) is 39.6 Å². The van der Waals surface area contributed by atoms with Crippen molar-refractivity contribution < 1.29 is 95.2 Å². The summed E-state index contributed by atoms with van der Waals surface area (Å²) in [5, 5.41) is 32.2. The van der Waals surface area contributed by atoms with Gasteiger partial charge in [0.25, 0.3) is 13.7 Å². The molecule has 4 aromatic carbocycles. The van der Waals surface area contributed by atoms with Crippen LogP contribution in [0.1, 0.15) is 227 Å². The molecule has 13 atom stereocenters. The Bertz CT molecular complexity index is 3640. The number of amides is 2. The van der Waals surface area contributed by atoms with Crippen LogP contribution >= 0.6 is 7.82 Å². The molecule has 22 nitrogen and oxygen atoms in total. The highest BCUT2D eigenvalue weighted by atomic mass is 31.2. The zero-order chi connectivity index (χ0) is 74.9. The van der Waals surface area contributed by atoms with Crippen molar-refractivity contribution >= 4 is 61.0 Å². The molecule has 2 amide bonds. The molecule has 103 heavy (non-hydrogen) atoms. The second kappa shape index (κ2) is 36.0. The van der Waals surface area contributed by atoms with E-state index >= 15 is 9.59 Å². The SMILES string of the molecule is CCCCCCCCCCCCCCCCCC(OP(=O)([O-])OCC[N+](C)(C)C)c1ccc(NC(=O)CC(=O)O[C@@H](C(=O)O[C@H]2C[C@@]3(O)[C@@H](OC(=O)c4ccccc4)[C@@H]4[C@]5(OC(C)=O)CC[C@@H]5C[C@H](O)[C@@]4(C)C(=O)[C@H](OC(C)=O)C(=C2C)C3(C)C)[C@@H](NC(=O)c2ccccc2)c2ccccc2)cc1. The number of rotatable bonds is 37. The van der Waals surface area contributed by atoms with E-state index in [2.05, 4.69) is 17.6 Å². The number of aliphatic hydroxyl groups is 2. The Hall–Kier alpha value is -7.43. The van der Waals surface area contributed by atoms with Crippen molar-refractivity contribution in [3.05, 3.63) is 149 Å². The maximum atomic E-state index is 16.0. The lowest BCUT2D eigenvalue weighted by molar-refractivity contribution is -0.870. The van der Waals surface area contributed by atoms with Crippen LogP contribution in [0, 0.1) is 22.7 Å². The highest BCUT2D eigenvalue weighted by molar-refractivity contribution is 7.45. The van der Waals surface area contributed by atoms with Crippen LogP contribution in [0.25, 0.3) is 0 Å². The predicted octanol–water partition coefficient (Wildman–Crippen LogP) is 12.8. The summed E-state index contributed by atoms with van der Waals surface area (Å²) < 4.78 is 56.4. The van der Waals surface area contributed by atoms with Gasteiger partial charge in [0.05, 0.1) is 50.2 Å². The lowest BCUT2D eigenvalue weighted by atomic mass is 9.41. The second-order valence-corrected chi connectivity index (χ2v) is 31.6. The summed E-state index contributed by atoms with van der Waals surface area (Å²) in [5.41, 5.74) is -6.91. The van der Waals surface area contributed by atoms with Gasteiger partial charge in [0, 0.05) is 42.9 Å². The molecule has 8 rings (SSSR count). The van der Waals surface area contributed by atoms with E-state index in [1.807, 2.05) is 21.1 Å². The summed E-state index contributed by atoms with van der Waals surface area (Å²) >= 11 is 0. The third kappa shape index (κ3) is 20.3. The molecule has 2 unspecified atom stereocenters. The number of hydrogen-bond donors (Lipinski definition) is 4. The van der Waals surface area contributed by atoms with E-state index in [-0.39, 0.29) is 53.0 Å². The summed E-state index contributed by atoms with van der Waals surface area (Å²) in [4.78, 5) is 130. The average Bonchev–Trinajstić information content (AvgIpc) is 0.669. The second-order valence-electron chi connectivity index (χ2n) is 30.2. The fraction of sp³-hybridized carbons (Fsp3) is 0.575. The average molecular weight is 1450 g/mol. The van der Waals surface area contributed by atoms with Gasteiger partial charge in [-0.2, -0.15) is 0 Å². The van der Waals surface area contributed by atoms with Gasteiger partial charge in [0.1, 0.15) is 49.0 Å². The highest BCUT2D eigenvalue weighted by Gasteiger charge is 2.77. The third-order valence-electron chi connectivity index (χ3n) is 21.5. The first-order chi connectivity index (χ1) is 48.8. The van der Waals surface area contributed by atoms with E-state index in [1.165, 1.54) is 121 Å². The van der Waals surface area contributed by atoms with Gasteiger partial charge in [-0.1, -0.05) is 196 Å². The van der Waals surface area contributed by atoms with Crippen LogP contribution in [-0.2, 0) is 66.1 Å². The van der Waals surface area contributed by atoms with Gasteiger partial charge in [-0.05, 0) is 98.2 Å². The molecule has 4 aliphatic rings. The largest absolute Gasteiger partial charge is 0.756 e. The standard InChI is InChI=1S/C80H108N3O19P/c1-11-12-13-14-15-16-17-18-19-20-21-22-23-24-34-41-62(102-103(94,95)96-49-48-83(8,9)10)56-42-44-61(45-43-56)81-65(87)51-66(88)99-70(68(57-35-28-25-29-36-57)82-74(90)58-37-30-26-31-38-58)76(92)98-63-52-80(93)73(100-75(91)59-39-32-27-33-40-59)71-78(7,64(86)50-60-46-47-79(60,71)101-55(4)85)72(89)69(97-54(3)84)67(53(63)2)77(80,5)6/h25-33,35-40,42-45,60,62-64,68-71,73,86,93H,11-24,34,41,46-52H2,1-10H3,(H2-,81,82,87,90,94,95)/t60-,62?,63+,64+,68+,69-,70-,71+,73+,78-,79+,80-/m1/s1. The summed E-state index contributed by atoms with van der Waals surface area (Å²) in [6.45, 7) is 10.8. The number of esters is 5. The van der Waals surface area contributed by atoms with Gasteiger partial charge in [0.2, 0.25) is 12.0 Å². The Morgan fingerprint density at radius 2 is 1.26 bits per heavy atom. The number of nitrogens with one attached hydrogen (secondary N) is 2. The number of carbonyl (C=O) groups excluding carboxylic acids is 8. The fourth-order valence-corrected chi connectivity index (χ4v) is 16.6. The van der Waals surface area contributed by atoms with Gasteiger partial charge in [0.15, 0.2) is 11.9 Å². The minimum atomic E-state index is -4.80. The number of hydrogen-bond acceptors (Lipinski definition) is 19. The van der Waals surface area contributed by atoms with Gasteiger partial charge < -0.3 is 63.0 Å². The molecule has 4 aromatic rings. The molecule has 0 aromatic heterocycles. The van der Waals surface area contributed by atoms with Crippen LogP contribution in [0.3, 0.4) is 0 Å². The van der Waals surface area contributed by atoms with E-state index in [0.717, 1.165) is 32.6 Å². The molecule has 0 saturated heterocycles. The first-order valence-corrected chi connectivity index (χ1v) is 38.3. The van der Waals surface area contributed by atoms with Gasteiger partial charge >= 0.3 is 29.8 Å². The van der Waals surface area contributed by atoms with Crippen molar-refractivity contribution in [2.24, 2.45) is 22.7 Å². The molecule has 0 aliphatic heterocycles. The van der Waals surface area contributed by atoms with Crippen molar-refractivity contribution in [3.8, 4) is 0 Å². The van der Waals surface area contributed by atoms with Crippen molar-refractivity contribution in [1.82, 2.24) is 5.32 Å². The highest BCUT2D eigenvalue weighted by Crippen LogP contribution is 2.67. The summed E-state index contributed by atoms with van der Waals surface area (Å²) in [6.07, 6.45) is 6.57. The topological polar surface area (TPSA) is 306 Å².